The second-order valence-corrected chi connectivity index (χ2v) is 8.27. The third-order valence-electron chi connectivity index (χ3n) is 6.46. The number of thioether (sulfide) groups is 1. The molecule has 1 saturated heterocycles. The zero-order valence-electron chi connectivity index (χ0n) is 15.2. The molecule has 3 aliphatic rings. The Balaban J connectivity index is 1.91. The van der Waals surface area contributed by atoms with E-state index in [2.05, 4.69) is 12.2 Å². The topological polar surface area (TPSA) is 52.6 Å². The summed E-state index contributed by atoms with van der Waals surface area (Å²) >= 11 is 1.22. The Morgan fingerprint density at radius 1 is 1.26 bits per heavy atom. The number of hydrogen-bond donors (Lipinski definition) is 0. The average molecular weight is 380 g/mol. The van der Waals surface area contributed by atoms with Crippen LogP contribution >= 0.6 is 11.8 Å². The molecule has 1 fully saturated rings. The molecule has 0 radical (unpaired) electrons. The molecule has 138 valence electrons. The summed E-state index contributed by atoms with van der Waals surface area (Å²) in [6, 6.07) is 11.9. The number of hydrogen-bond acceptors (Lipinski definition) is 5. The van der Waals surface area contributed by atoms with E-state index in [9.17, 15) is 9.59 Å². The molecule has 0 aromatic heterocycles. The van der Waals surface area contributed by atoms with E-state index < -0.39 is 11.2 Å². The van der Waals surface area contributed by atoms with Crippen molar-refractivity contribution in [1.29, 1.82) is 0 Å². The Hall–Kier alpha value is -1.95. The third kappa shape index (κ3) is 1.97. The molecular weight excluding hydrogens is 360 g/mol. The summed E-state index contributed by atoms with van der Waals surface area (Å²) < 4.78 is 11.8. The van der Waals surface area contributed by atoms with E-state index in [-0.39, 0.29) is 22.7 Å². The van der Waals surface area contributed by atoms with E-state index >= 15 is 0 Å². The van der Waals surface area contributed by atoms with Gasteiger partial charge in [0.15, 0.2) is 5.12 Å². The lowest BCUT2D eigenvalue weighted by Gasteiger charge is -2.50. The Bertz CT molecular complexity index is 1010. The SMILES string of the molecule is CO[C@@]12OC[C@@H]3C=CC[C@@](C(=O)SC)(c4cc5ccccc5cc4C1=O)[C@H]32. The first-order valence-corrected chi connectivity index (χ1v) is 10.3. The van der Waals surface area contributed by atoms with E-state index in [0.717, 1.165) is 16.3 Å². The van der Waals surface area contributed by atoms with Crippen LogP contribution in [0.1, 0.15) is 22.3 Å². The summed E-state index contributed by atoms with van der Waals surface area (Å²) in [5.74, 6) is -1.92. The number of benzene rings is 2. The molecule has 4 nitrogen and oxygen atoms in total. The maximum atomic E-state index is 13.6. The predicted molar refractivity (Wildman–Crippen MR) is 105 cm³/mol. The second kappa shape index (κ2) is 5.77. The molecule has 2 aromatic rings. The van der Waals surface area contributed by atoms with Crippen LogP contribution in [-0.4, -0.2) is 36.7 Å². The molecule has 0 N–H and O–H groups in total. The predicted octanol–water partition coefficient (Wildman–Crippen LogP) is 3.73. The molecule has 5 heteroatoms. The van der Waals surface area contributed by atoms with Crippen LogP contribution < -0.4 is 0 Å². The number of allylic oxidation sites excluding steroid dienone is 1. The molecule has 0 bridgehead atoms. The first kappa shape index (κ1) is 17.2. The van der Waals surface area contributed by atoms with E-state index in [1.54, 1.807) is 0 Å². The quantitative estimate of drug-likeness (QED) is 0.743. The summed E-state index contributed by atoms with van der Waals surface area (Å²) in [6.07, 6.45) is 6.52. The van der Waals surface area contributed by atoms with Crippen molar-refractivity contribution in [3.05, 3.63) is 59.7 Å². The van der Waals surface area contributed by atoms with Gasteiger partial charge in [-0.3, -0.25) is 9.59 Å². The lowest BCUT2D eigenvalue weighted by Crippen LogP contribution is -2.62. The third-order valence-corrected chi connectivity index (χ3v) is 7.20. The van der Waals surface area contributed by atoms with Gasteiger partial charge in [-0.1, -0.05) is 48.2 Å². The van der Waals surface area contributed by atoms with Crippen LogP contribution in [0, 0.1) is 11.8 Å². The second-order valence-electron chi connectivity index (χ2n) is 7.49. The Kier molecular flexibility index (Phi) is 3.67. The summed E-state index contributed by atoms with van der Waals surface area (Å²) in [6.45, 7) is 0.387. The smallest absolute Gasteiger partial charge is 0.238 e. The van der Waals surface area contributed by atoms with Crippen molar-refractivity contribution in [3.63, 3.8) is 0 Å². The van der Waals surface area contributed by atoms with E-state index in [1.807, 2.05) is 42.7 Å². The lowest BCUT2D eigenvalue weighted by atomic mass is 9.54. The van der Waals surface area contributed by atoms with Crippen LogP contribution in [0.25, 0.3) is 10.8 Å². The van der Waals surface area contributed by atoms with E-state index in [4.69, 9.17) is 9.47 Å². The monoisotopic (exact) mass is 380 g/mol. The first-order valence-electron chi connectivity index (χ1n) is 9.11. The maximum Gasteiger partial charge on any atom is 0.238 e. The molecule has 27 heavy (non-hydrogen) atoms. The highest BCUT2D eigenvalue weighted by Crippen LogP contribution is 2.60. The molecule has 4 atom stereocenters. The minimum atomic E-state index is -1.39. The summed E-state index contributed by atoms with van der Waals surface area (Å²) in [5, 5.41) is 2.08. The van der Waals surface area contributed by atoms with Gasteiger partial charge in [-0.25, -0.2) is 0 Å². The van der Waals surface area contributed by atoms with Crippen molar-refractivity contribution in [2.75, 3.05) is 20.0 Å². The molecule has 0 saturated carbocycles. The first-order chi connectivity index (χ1) is 13.1. The number of ether oxygens (including phenoxy) is 2. The fourth-order valence-electron chi connectivity index (χ4n) is 5.35. The minimum Gasteiger partial charge on any atom is -0.346 e. The highest BCUT2D eigenvalue weighted by atomic mass is 32.2. The number of methoxy groups -OCH3 is 1. The minimum absolute atomic E-state index is 0.0154. The number of ketones is 1. The Morgan fingerprint density at radius 3 is 2.70 bits per heavy atom. The molecule has 2 aromatic carbocycles. The number of rotatable bonds is 2. The van der Waals surface area contributed by atoms with Crippen LogP contribution in [0.5, 0.6) is 0 Å². The molecule has 5 rings (SSSR count). The molecule has 2 aliphatic carbocycles. The van der Waals surface area contributed by atoms with Gasteiger partial charge >= 0.3 is 0 Å². The zero-order valence-corrected chi connectivity index (χ0v) is 16.0. The van der Waals surface area contributed by atoms with Gasteiger partial charge in [0, 0.05) is 24.5 Å². The van der Waals surface area contributed by atoms with Crippen LogP contribution in [-0.2, 0) is 19.7 Å². The van der Waals surface area contributed by atoms with Gasteiger partial charge in [-0.2, -0.15) is 0 Å². The average Bonchev–Trinajstić information content (AvgIpc) is 3.11. The molecule has 0 unspecified atom stereocenters. The Morgan fingerprint density at radius 2 is 2.00 bits per heavy atom. The van der Waals surface area contributed by atoms with Crippen LogP contribution in [0.4, 0.5) is 0 Å². The van der Waals surface area contributed by atoms with Gasteiger partial charge in [0.25, 0.3) is 0 Å². The van der Waals surface area contributed by atoms with Gasteiger partial charge in [-0.05, 0) is 41.1 Å². The standard InChI is InChI=1S/C22H20O4S/c1-25-22-18-15(12-26-22)8-5-9-21(18,20(24)27-2)17-11-14-7-4-3-6-13(14)10-16(17)19(22)23/h3-8,10-11,15,18H,9,12H2,1-2H3/t15-,18-,21+,22-/m0/s1. The molecule has 0 amide bonds. The van der Waals surface area contributed by atoms with Gasteiger partial charge in [0.05, 0.1) is 12.0 Å². The zero-order chi connectivity index (χ0) is 18.8. The van der Waals surface area contributed by atoms with Crippen LogP contribution in [0.15, 0.2) is 48.6 Å². The van der Waals surface area contributed by atoms with Crippen molar-refractivity contribution < 1.29 is 19.1 Å². The van der Waals surface area contributed by atoms with Gasteiger partial charge in [0.2, 0.25) is 11.6 Å². The summed E-state index contributed by atoms with van der Waals surface area (Å²) in [5.41, 5.74) is 0.548. The van der Waals surface area contributed by atoms with E-state index in [0.29, 0.717) is 18.6 Å². The molecular formula is C22H20O4S. The summed E-state index contributed by atoms with van der Waals surface area (Å²) in [4.78, 5) is 27.0. The number of carbonyl (C=O) groups excluding carboxylic acids is 2. The van der Waals surface area contributed by atoms with Crippen molar-refractivity contribution in [2.24, 2.45) is 11.8 Å². The van der Waals surface area contributed by atoms with Gasteiger partial charge in [-0.15, -0.1) is 0 Å². The van der Waals surface area contributed by atoms with Gasteiger partial charge in [0.1, 0.15) is 0 Å². The highest BCUT2D eigenvalue weighted by Gasteiger charge is 2.70. The highest BCUT2D eigenvalue weighted by molar-refractivity contribution is 8.13. The van der Waals surface area contributed by atoms with Crippen molar-refractivity contribution >= 4 is 33.4 Å². The largest absolute Gasteiger partial charge is 0.346 e. The molecule has 0 spiro atoms. The summed E-state index contributed by atoms with van der Waals surface area (Å²) in [7, 11) is 1.51. The van der Waals surface area contributed by atoms with Crippen molar-refractivity contribution in [3.8, 4) is 0 Å². The Labute approximate surface area is 161 Å². The van der Waals surface area contributed by atoms with Crippen molar-refractivity contribution in [2.45, 2.75) is 17.6 Å². The molecule has 1 heterocycles. The van der Waals surface area contributed by atoms with Crippen molar-refractivity contribution in [1.82, 2.24) is 0 Å². The van der Waals surface area contributed by atoms with E-state index in [1.165, 1.54) is 18.9 Å². The normalized spacial score (nSPS) is 33.8. The number of fused-ring (bicyclic) bond motifs is 3. The van der Waals surface area contributed by atoms with Crippen LogP contribution in [0.2, 0.25) is 0 Å². The maximum absolute atomic E-state index is 13.6. The van der Waals surface area contributed by atoms with Crippen LogP contribution in [0.3, 0.4) is 0 Å². The molecule has 1 aliphatic heterocycles. The van der Waals surface area contributed by atoms with Gasteiger partial charge < -0.3 is 9.47 Å². The lowest BCUT2D eigenvalue weighted by molar-refractivity contribution is -0.192. The number of carbonyl (C=O) groups is 2. The fraction of sp³-hybridized carbons (Fsp3) is 0.364. The number of Topliss-reactive ketones (excluding diaryl/α,β-unsaturated/α-hetero) is 1. The fourth-order valence-corrected chi connectivity index (χ4v) is 6.03.